The van der Waals surface area contributed by atoms with Gasteiger partial charge in [0.1, 0.15) is 0 Å². The van der Waals surface area contributed by atoms with Crippen molar-refractivity contribution in [3.63, 3.8) is 0 Å². The van der Waals surface area contributed by atoms with Crippen molar-refractivity contribution in [2.45, 2.75) is 11.1 Å². The fourth-order valence-electron chi connectivity index (χ4n) is 1.79. The SMILES string of the molecule is O=[N+]([O-])c1ccc(S(=O)(=O)Nc2ccc(Cl)cc2C(F)(F)F)cc1. The van der Waals surface area contributed by atoms with Gasteiger partial charge in [-0.2, -0.15) is 13.2 Å². The molecular weight excluding hydrogens is 373 g/mol. The lowest BCUT2D eigenvalue weighted by molar-refractivity contribution is -0.384. The molecule has 0 aliphatic carbocycles. The molecule has 0 spiro atoms. The molecule has 0 aliphatic heterocycles. The van der Waals surface area contributed by atoms with Crippen LogP contribution in [-0.2, 0) is 16.2 Å². The molecule has 0 fully saturated rings. The number of halogens is 4. The van der Waals surface area contributed by atoms with Gasteiger partial charge in [0, 0.05) is 17.2 Å². The molecule has 0 amide bonds. The van der Waals surface area contributed by atoms with Gasteiger partial charge in [-0.15, -0.1) is 0 Å². The van der Waals surface area contributed by atoms with Crippen molar-refractivity contribution in [1.82, 2.24) is 0 Å². The van der Waals surface area contributed by atoms with Crippen molar-refractivity contribution in [3.8, 4) is 0 Å². The maximum absolute atomic E-state index is 13.0. The van der Waals surface area contributed by atoms with Gasteiger partial charge in [0.05, 0.1) is 21.1 Å². The predicted molar refractivity (Wildman–Crippen MR) is 80.4 cm³/mol. The second kappa shape index (κ2) is 6.29. The first-order valence-corrected chi connectivity index (χ1v) is 8.01. The van der Waals surface area contributed by atoms with Gasteiger partial charge in [-0.25, -0.2) is 8.42 Å². The summed E-state index contributed by atoms with van der Waals surface area (Å²) in [5, 5.41) is 10.3. The maximum atomic E-state index is 13.0. The molecule has 2 rings (SSSR count). The fourth-order valence-corrected chi connectivity index (χ4v) is 3.04. The number of anilines is 1. The molecule has 2 aromatic carbocycles. The number of rotatable bonds is 4. The zero-order valence-corrected chi connectivity index (χ0v) is 13.1. The molecule has 0 heterocycles. The van der Waals surface area contributed by atoms with E-state index in [0.717, 1.165) is 36.4 Å². The first-order valence-electron chi connectivity index (χ1n) is 6.15. The smallest absolute Gasteiger partial charge is 0.279 e. The molecule has 2 aromatic rings. The van der Waals surface area contributed by atoms with Crippen molar-refractivity contribution >= 4 is 33.0 Å². The molecule has 0 saturated carbocycles. The molecule has 0 saturated heterocycles. The van der Waals surface area contributed by atoms with E-state index in [9.17, 15) is 31.7 Å². The standard InChI is InChI=1S/C13H8ClF3N2O4S/c14-8-1-6-12(11(7-8)13(15,16)17)18-24(22,23)10-4-2-9(3-5-10)19(20)21/h1-7,18H. The van der Waals surface area contributed by atoms with Crippen LogP contribution in [0, 0.1) is 10.1 Å². The number of hydrogen-bond donors (Lipinski definition) is 1. The summed E-state index contributed by atoms with van der Waals surface area (Å²) in [6.45, 7) is 0. The van der Waals surface area contributed by atoms with Crippen LogP contribution in [0.2, 0.25) is 5.02 Å². The first kappa shape index (κ1) is 18.0. The van der Waals surface area contributed by atoms with Crippen LogP contribution in [-0.4, -0.2) is 13.3 Å². The first-order chi connectivity index (χ1) is 11.0. The molecule has 0 aromatic heterocycles. The van der Waals surface area contributed by atoms with Gasteiger partial charge < -0.3 is 0 Å². The molecule has 24 heavy (non-hydrogen) atoms. The highest BCUT2D eigenvalue weighted by Crippen LogP contribution is 2.37. The Hall–Kier alpha value is -2.33. The molecule has 0 atom stereocenters. The average Bonchev–Trinajstić information content (AvgIpc) is 2.48. The minimum absolute atomic E-state index is 0.208. The topological polar surface area (TPSA) is 89.3 Å². The van der Waals surface area contributed by atoms with Crippen molar-refractivity contribution in [3.05, 3.63) is 63.2 Å². The van der Waals surface area contributed by atoms with Crippen LogP contribution in [0.25, 0.3) is 0 Å². The average molecular weight is 381 g/mol. The van der Waals surface area contributed by atoms with Gasteiger partial charge in [-0.1, -0.05) is 11.6 Å². The second-order valence-corrected chi connectivity index (χ2v) is 6.66. The summed E-state index contributed by atoms with van der Waals surface area (Å²) in [5.74, 6) is 0. The summed E-state index contributed by atoms with van der Waals surface area (Å²) >= 11 is 5.52. The number of nitrogens with one attached hydrogen (secondary N) is 1. The maximum Gasteiger partial charge on any atom is 0.418 e. The van der Waals surface area contributed by atoms with Crippen LogP contribution in [0.5, 0.6) is 0 Å². The highest BCUT2D eigenvalue weighted by Gasteiger charge is 2.35. The van der Waals surface area contributed by atoms with Crippen molar-refractivity contribution < 1.29 is 26.5 Å². The number of nitro benzene ring substituents is 1. The summed E-state index contributed by atoms with van der Waals surface area (Å²) < 4.78 is 65.1. The Kier molecular flexibility index (Phi) is 4.72. The van der Waals surface area contributed by atoms with Crippen LogP contribution in [0.1, 0.15) is 5.56 Å². The predicted octanol–water partition coefficient (Wildman–Crippen LogP) is 4.07. The molecule has 0 bridgehead atoms. The normalized spacial score (nSPS) is 12.0. The Balaban J connectivity index is 2.41. The zero-order chi connectivity index (χ0) is 18.1. The van der Waals surface area contributed by atoms with E-state index in [4.69, 9.17) is 11.6 Å². The number of benzene rings is 2. The molecule has 6 nitrogen and oxygen atoms in total. The Morgan fingerprint density at radius 3 is 2.17 bits per heavy atom. The number of alkyl halides is 3. The van der Waals surface area contributed by atoms with E-state index in [2.05, 4.69) is 0 Å². The third kappa shape index (κ3) is 3.95. The van der Waals surface area contributed by atoms with Crippen LogP contribution >= 0.6 is 11.6 Å². The molecule has 11 heteroatoms. The quantitative estimate of drug-likeness (QED) is 0.639. The Morgan fingerprint density at radius 2 is 1.67 bits per heavy atom. The molecular formula is C13H8ClF3N2O4S. The van der Waals surface area contributed by atoms with Gasteiger partial charge in [-0.05, 0) is 30.3 Å². The van der Waals surface area contributed by atoms with Crippen LogP contribution in [0.4, 0.5) is 24.5 Å². The molecule has 0 unspecified atom stereocenters. The number of sulfonamides is 1. The lowest BCUT2D eigenvalue weighted by Crippen LogP contribution is -2.17. The number of hydrogen-bond acceptors (Lipinski definition) is 4. The Bertz CT molecular complexity index is 883. The van der Waals surface area contributed by atoms with Crippen molar-refractivity contribution in [1.29, 1.82) is 0 Å². The summed E-state index contributed by atoms with van der Waals surface area (Å²) in [4.78, 5) is 9.39. The monoisotopic (exact) mass is 380 g/mol. The molecule has 0 aliphatic rings. The Morgan fingerprint density at radius 1 is 1.08 bits per heavy atom. The van der Waals surface area contributed by atoms with E-state index in [1.807, 2.05) is 4.72 Å². The van der Waals surface area contributed by atoms with Crippen LogP contribution in [0.3, 0.4) is 0 Å². The van der Waals surface area contributed by atoms with Crippen molar-refractivity contribution in [2.24, 2.45) is 0 Å². The number of nitrogens with zero attached hydrogens (tertiary/aromatic N) is 1. The summed E-state index contributed by atoms with van der Waals surface area (Å²) in [6.07, 6.45) is -4.82. The van der Waals surface area contributed by atoms with Crippen molar-refractivity contribution in [2.75, 3.05) is 4.72 Å². The van der Waals surface area contributed by atoms with Crippen LogP contribution < -0.4 is 4.72 Å². The van der Waals surface area contributed by atoms with Gasteiger partial charge in [0.2, 0.25) is 0 Å². The second-order valence-electron chi connectivity index (χ2n) is 4.54. The lowest BCUT2D eigenvalue weighted by Gasteiger charge is -2.15. The van der Waals surface area contributed by atoms with E-state index in [0.29, 0.717) is 6.07 Å². The fraction of sp³-hybridized carbons (Fsp3) is 0.0769. The van der Waals surface area contributed by atoms with E-state index in [-0.39, 0.29) is 10.7 Å². The highest BCUT2D eigenvalue weighted by molar-refractivity contribution is 7.92. The minimum atomic E-state index is -4.82. The van der Waals surface area contributed by atoms with E-state index in [1.54, 1.807) is 0 Å². The minimum Gasteiger partial charge on any atom is -0.279 e. The third-order valence-corrected chi connectivity index (χ3v) is 4.51. The third-order valence-electron chi connectivity index (χ3n) is 2.89. The van der Waals surface area contributed by atoms with Gasteiger partial charge >= 0.3 is 6.18 Å². The zero-order valence-electron chi connectivity index (χ0n) is 11.5. The molecule has 0 radical (unpaired) electrons. The lowest BCUT2D eigenvalue weighted by atomic mass is 10.2. The Labute approximate surface area is 139 Å². The summed E-state index contributed by atoms with van der Waals surface area (Å²) in [6, 6.07) is 6.28. The molecule has 128 valence electrons. The number of non-ortho nitro benzene ring substituents is 1. The van der Waals surface area contributed by atoms with Crippen LogP contribution in [0.15, 0.2) is 47.4 Å². The van der Waals surface area contributed by atoms with Gasteiger partial charge in [0.25, 0.3) is 15.7 Å². The molecule has 1 N–H and O–H groups in total. The summed E-state index contributed by atoms with van der Waals surface area (Å²) in [5.41, 5.74) is -2.30. The van der Waals surface area contributed by atoms with E-state index >= 15 is 0 Å². The highest BCUT2D eigenvalue weighted by atomic mass is 35.5. The van der Waals surface area contributed by atoms with E-state index < -0.39 is 37.3 Å². The van der Waals surface area contributed by atoms with Gasteiger partial charge in [0.15, 0.2) is 0 Å². The van der Waals surface area contributed by atoms with E-state index in [1.165, 1.54) is 0 Å². The van der Waals surface area contributed by atoms with Gasteiger partial charge in [-0.3, -0.25) is 14.8 Å². The largest absolute Gasteiger partial charge is 0.418 e. The number of nitro groups is 1. The summed E-state index contributed by atoms with van der Waals surface area (Å²) in [7, 11) is -4.37.